The molecule has 3 aromatic rings. The summed E-state index contributed by atoms with van der Waals surface area (Å²) >= 11 is 6.30. The topological polar surface area (TPSA) is 117 Å². The molecule has 10 heteroatoms. The fraction of sp³-hybridized carbons (Fsp3) is 0.360. The number of aromatic nitrogens is 3. The van der Waals surface area contributed by atoms with Gasteiger partial charge in [0.15, 0.2) is 0 Å². The lowest BCUT2D eigenvalue weighted by Gasteiger charge is -2.27. The van der Waals surface area contributed by atoms with Gasteiger partial charge in [-0.25, -0.2) is 0 Å². The average molecular weight is 494 g/mol. The number of nitriles is 1. The van der Waals surface area contributed by atoms with Crippen LogP contribution in [0, 0.1) is 17.2 Å². The molecule has 1 fully saturated rings. The van der Waals surface area contributed by atoms with E-state index in [1.165, 1.54) is 0 Å². The minimum atomic E-state index is -0.507. The zero-order valence-electron chi connectivity index (χ0n) is 19.5. The molecule has 1 aromatic carbocycles. The van der Waals surface area contributed by atoms with Crippen LogP contribution in [0.5, 0.6) is 0 Å². The fourth-order valence-corrected chi connectivity index (χ4v) is 4.28. The standard InChI is InChI=1S/C25H28ClN7O2/c1-28-25-31-22(14-23(32-25)33-8-2-3-9-33)30-21(13-17-6-10-35-11-7-17)24(34)29-16-19-5-4-18(15-27)12-20(19)26/h2-5,8-9,12,14,17,21H,6-7,10-11,13,16H2,1H3,(H,29,34)(H2,28,30,31,32)/t21-/m1/s1. The maximum atomic E-state index is 13.3. The van der Waals surface area contributed by atoms with Crippen LogP contribution in [0.2, 0.25) is 5.02 Å². The zero-order chi connectivity index (χ0) is 24.6. The number of hydrogen-bond acceptors (Lipinski definition) is 7. The molecule has 4 rings (SSSR count). The molecular formula is C25H28ClN7O2. The first kappa shape index (κ1) is 24.5. The van der Waals surface area contributed by atoms with E-state index in [0.29, 0.717) is 53.7 Å². The van der Waals surface area contributed by atoms with E-state index in [9.17, 15) is 4.79 Å². The number of ether oxygens (including phenoxy) is 1. The van der Waals surface area contributed by atoms with E-state index < -0.39 is 6.04 Å². The van der Waals surface area contributed by atoms with E-state index in [1.54, 1.807) is 25.2 Å². The molecular weight excluding hydrogens is 466 g/mol. The van der Waals surface area contributed by atoms with Crippen molar-refractivity contribution < 1.29 is 9.53 Å². The molecule has 182 valence electrons. The Kier molecular flexibility index (Phi) is 8.19. The minimum absolute atomic E-state index is 0.149. The number of halogens is 1. The van der Waals surface area contributed by atoms with E-state index in [2.05, 4.69) is 32.0 Å². The van der Waals surface area contributed by atoms with E-state index in [0.717, 1.165) is 18.4 Å². The van der Waals surface area contributed by atoms with Gasteiger partial charge in [0, 0.05) is 50.3 Å². The minimum Gasteiger partial charge on any atom is -0.381 e. The number of carbonyl (C=O) groups excluding carboxylic acids is 1. The average Bonchev–Trinajstić information content (AvgIpc) is 3.43. The molecule has 35 heavy (non-hydrogen) atoms. The van der Waals surface area contributed by atoms with Crippen LogP contribution in [-0.2, 0) is 16.1 Å². The molecule has 1 amide bonds. The first-order valence-corrected chi connectivity index (χ1v) is 11.9. The number of carbonyl (C=O) groups is 1. The Balaban J connectivity index is 1.53. The predicted molar refractivity (Wildman–Crippen MR) is 134 cm³/mol. The molecule has 3 heterocycles. The molecule has 9 nitrogen and oxygen atoms in total. The van der Waals surface area contributed by atoms with Gasteiger partial charge >= 0.3 is 0 Å². The van der Waals surface area contributed by atoms with Crippen molar-refractivity contribution in [1.82, 2.24) is 19.9 Å². The highest BCUT2D eigenvalue weighted by Gasteiger charge is 2.25. The Morgan fingerprint density at radius 1 is 1.26 bits per heavy atom. The summed E-state index contributed by atoms with van der Waals surface area (Å²) in [6.07, 6.45) is 6.27. The van der Waals surface area contributed by atoms with Crippen molar-refractivity contribution in [3.63, 3.8) is 0 Å². The van der Waals surface area contributed by atoms with Crippen molar-refractivity contribution in [1.29, 1.82) is 5.26 Å². The number of rotatable bonds is 9. The molecule has 0 saturated carbocycles. The van der Waals surface area contributed by atoms with Gasteiger partial charge in [0.25, 0.3) is 0 Å². The van der Waals surface area contributed by atoms with Gasteiger partial charge < -0.3 is 25.3 Å². The fourth-order valence-electron chi connectivity index (χ4n) is 4.03. The van der Waals surface area contributed by atoms with E-state index in [-0.39, 0.29) is 12.5 Å². The lowest BCUT2D eigenvalue weighted by molar-refractivity contribution is -0.122. The summed E-state index contributed by atoms with van der Waals surface area (Å²) in [5.41, 5.74) is 1.23. The van der Waals surface area contributed by atoms with Crippen LogP contribution >= 0.6 is 11.6 Å². The smallest absolute Gasteiger partial charge is 0.242 e. The van der Waals surface area contributed by atoms with Gasteiger partial charge in [-0.2, -0.15) is 15.2 Å². The molecule has 0 aliphatic carbocycles. The number of nitrogens with zero attached hydrogens (tertiary/aromatic N) is 4. The van der Waals surface area contributed by atoms with Crippen molar-refractivity contribution >= 4 is 29.3 Å². The molecule has 1 atom stereocenters. The number of amides is 1. The zero-order valence-corrected chi connectivity index (χ0v) is 20.3. The summed E-state index contributed by atoms with van der Waals surface area (Å²) in [6.45, 7) is 1.67. The third-order valence-corrected chi connectivity index (χ3v) is 6.34. The van der Waals surface area contributed by atoms with Gasteiger partial charge in [0.1, 0.15) is 17.7 Å². The highest BCUT2D eigenvalue weighted by atomic mass is 35.5. The van der Waals surface area contributed by atoms with Crippen LogP contribution in [0.15, 0.2) is 48.8 Å². The molecule has 3 N–H and O–H groups in total. The lowest BCUT2D eigenvalue weighted by atomic mass is 9.92. The number of anilines is 2. The second-order valence-electron chi connectivity index (χ2n) is 8.40. The van der Waals surface area contributed by atoms with Crippen LogP contribution in [0.4, 0.5) is 11.8 Å². The molecule has 0 spiro atoms. The Labute approximate surface area is 209 Å². The molecule has 1 aliphatic heterocycles. The van der Waals surface area contributed by atoms with Crippen molar-refractivity contribution in [2.45, 2.75) is 31.8 Å². The van der Waals surface area contributed by atoms with Gasteiger partial charge in [-0.3, -0.25) is 4.79 Å². The second kappa shape index (κ2) is 11.7. The monoisotopic (exact) mass is 493 g/mol. The van der Waals surface area contributed by atoms with Crippen molar-refractivity contribution in [2.24, 2.45) is 5.92 Å². The quantitative estimate of drug-likeness (QED) is 0.415. The van der Waals surface area contributed by atoms with Crippen LogP contribution in [0.1, 0.15) is 30.4 Å². The largest absolute Gasteiger partial charge is 0.381 e. The van der Waals surface area contributed by atoms with Crippen LogP contribution in [-0.4, -0.2) is 46.7 Å². The van der Waals surface area contributed by atoms with Crippen LogP contribution < -0.4 is 16.0 Å². The van der Waals surface area contributed by atoms with E-state index >= 15 is 0 Å². The third-order valence-electron chi connectivity index (χ3n) is 5.99. The Morgan fingerprint density at radius 3 is 2.71 bits per heavy atom. The molecule has 1 saturated heterocycles. The molecule has 0 radical (unpaired) electrons. The molecule has 0 bridgehead atoms. The van der Waals surface area contributed by atoms with Crippen molar-refractivity contribution in [3.8, 4) is 11.9 Å². The lowest BCUT2D eigenvalue weighted by Crippen LogP contribution is -2.41. The summed E-state index contributed by atoms with van der Waals surface area (Å²) in [5.74, 6) is 1.90. The first-order chi connectivity index (χ1) is 17.1. The van der Waals surface area contributed by atoms with Gasteiger partial charge in [0.05, 0.1) is 11.6 Å². The van der Waals surface area contributed by atoms with E-state index in [1.807, 2.05) is 35.2 Å². The van der Waals surface area contributed by atoms with Gasteiger partial charge in [0.2, 0.25) is 11.9 Å². The molecule has 2 aromatic heterocycles. The highest BCUT2D eigenvalue weighted by Crippen LogP contribution is 2.23. The first-order valence-electron chi connectivity index (χ1n) is 11.6. The van der Waals surface area contributed by atoms with Crippen LogP contribution in [0.3, 0.4) is 0 Å². The summed E-state index contributed by atoms with van der Waals surface area (Å²) in [7, 11) is 1.76. The third kappa shape index (κ3) is 6.50. The normalized spacial score (nSPS) is 14.7. The van der Waals surface area contributed by atoms with E-state index in [4.69, 9.17) is 21.6 Å². The second-order valence-corrected chi connectivity index (χ2v) is 8.81. The number of benzene rings is 1. The Bertz CT molecular complexity index is 1190. The molecule has 0 unspecified atom stereocenters. The van der Waals surface area contributed by atoms with Crippen molar-refractivity contribution in [2.75, 3.05) is 30.9 Å². The predicted octanol–water partition coefficient (Wildman–Crippen LogP) is 3.75. The Morgan fingerprint density at radius 2 is 2.03 bits per heavy atom. The number of nitrogens with one attached hydrogen (secondary N) is 3. The maximum Gasteiger partial charge on any atom is 0.242 e. The highest BCUT2D eigenvalue weighted by molar-refractivity contribution is 6.31. The summed E-state index contributed by atoms with van der Waals surface area (Å²) in [5, 5.41) is 18.8. The van der Waals surface area contributed by atoms with Crippen molar-refractivity contribution in [3.05, 3.63) is 64.9 Å². The van der Waals surface area contributed by atoms with Gasteiger partial charge in [-0.15, -0.1) is 0 Å². The van der Waals surface area contributed by atoms with Gasteiger partial charge in [-0.1, -0.05) is 17.7 Å². The SMILES string of the molecule is CNc1nc(N[C@H](CC2CCOCC2)C(=O)NCc2ccc(C#N)cc2Cl)cc(-n2cccc2)n1. The Hall–Kier alpha value is -3.61. The number of hydrogen-bond donors (Lipinski definition) is 3. The summed E-state index contributed by atoms with van der Waals surface area (Å²) < 4.78 is 7.38. The van der Waals surface area contributed by atoms with Crippen LogP contribution in [0.25, 0.3) is 5.82 Å². The summed E-state index contributed by atoms with van der Waals surface area (Å²) in [4.78, 5) is 22.4. The molecule has 1 aliphatic rings. The van der Waals surface area contributed by atoms with Gasteiger partial charge in [-0.05, 0) is 55.0 Å². The summed E-state index contributed by atoms with van der Waals surface area (Å²) in [6, 6.07) is 12.3. The maximum absolute atomic E-state index is 13.3.